The van der Waals surface area contributed by atoms with E-state index in [4.69, 9.17) is 0 Å². The van der Waals surface area contributed by atoms with Crippen molar-refractivity contribution in [3.8, 4) is 0 Å². The molecule has 0 radical (unpaired) electrons. The van der Waals surface area contributed by atoms with Crippen molar-refractivity contribution < 1.29 is 18.3 Å². The number of benzene rings is 1. The lowest BCUT2D eigenvalue weighted by atomic mass is 10.1. The Morgan fingerprint density at radius 3 is 2.56 bits per heavy atom. The minimum absolute atomic E-state index is 0.381. The summed E-state index contributed by atoms with van der Waals surface area (Å²) in [6.07, 6.45) is 1.51. The summed E-state index contributed by atoms with van der Waals surface area (Å²) in [7, 11) is 0. The van der Waals surface area contributed by atoms with E-state index in [0.717, 1.165) is 5.56 Å². The number of aryl methyl sites for hydroxylation is 1. The summed E-state index contributed by atoms with van der Waals surface area (Å²) in [6.45, 7) is 3.44. The third-order valence-corrected chi connectivity index (χ3v) is 2.47. The van der Waals surface area contributed by atoms with Crippen LogP contribution >= 0.6 is 11.6 Å². The summed E-state index contributed by atoms with van der Waals surface area (Å²) >= 11 is 4.56. The molecule has 18 heavy (non-hydrogen) atoms. The molecule has 0 fully saturated rings. The Bertz CT molecular complexity index is 401. The predicted molar refractivity (Wildman–Crippen MR) is 65.6 cm³/mol. The standard InChI is InChI=1S/C13H13ClF2O2/c1-2-11(18-12(17)13(14,15)16)9-8-10-6-4-3-5-7-10/h2-7,11H,1,8-9H2. The Balaban J connectivity index is 2.48. The van der Waals surface area contributed by atoms with Gasteiger partial charge in [0.25, 0.3) is 0 Å². The summed E-state index contributed by atoms with van der Waals surface area (Å²) in [6, 6.07) is 9.42. The fraction of sp³-hybridized carbons (Fsp3) is 0.308. The molecule has 0 aliphatic carbocycles. The molecule has 2 nitrogen and oxygen atoms in total. The Labute approximate surface area is 109 Å². The molecule has 0 bridgehead atoms. The Morgan fingerprint density at radius 1 is 1.44 bits per heavy atom. The first kappa shape index (κ1) is 14.6. The van der Waals surface area contributed by atoms with Gasteiger partial charge in [-0.15, -0.1) is 0 Å². The highest BCUT2D eigenvalue weighted by molar-refractivity contribution is 6.31. The van der Waals surface area contributed by atoms with E-state index in [1.165, 1.54) is 6.08 Å². The summed E-state index contributed by atoms with van der Waals surface area (Å²) in [5, 5.41) is -3.99. The monoisotopic (exact) mass is 274 g/mol. The lowest BCUT2D eigenvalue weighted by Crippen LogP contribution is -2.28. The fourth-order valence-electron chi connectivity index (χ4n) is 1.38. The van der Waals surface area contributed by atoms with Crippen LogP contribution in [0.1, 0.15) is 12.0 Å². The molecular weight excluding hydrogens is 262 g/mol. The van der Waals surface area contributed by atoms with Crippen molar-refractivity contribution in [2.75, 3.05) is 0 Å². The van der Waals surface area contributed by atoms with E-state index < -0.39 is 17.5 Å². The van der Waals surface area contributed by atoms with Crippen LogP contribution < -0.4 is 0 Å². The Kier molecular flexibility index (Phi) is 5.28. The SMILES string of the molecule is C=CC(CCc1ccccc1)OC(=O)C(F)(F)Cl. The fourth-order valence-corrected chi connectivity index (χ4v) is 1.43. The third-order valence-electron chi connectivity index (χ3n) is 2.31. The van der Waals surface area contributed by atoms with Crippen molar-refractivity contribution in [3.05, 3.63) is 48.6 Å². The van der Waals surface area contributed by atoms with Gasteiger partial charge in [-0.2, -0.15) is 8.78 Å². The summed E-state index contributed by atoms with van der Waals surface area (Å²) in [5.41, 5.74) is 1.03. The molecule has 1 aromatic carbocycles. The van der Waals surface area contributed by atoms with Crippen LogP contribution in [0.3, 0.4) is 0 Å². The maximum absolute atomic E-state index is 12.4. The molecule has 1 rings (SSSR count). The second-order valence-corrected chi connectivity index (χ2v) is 4.18. The predicted octanol–water partition coefficient (Wildman–Crippen LogP) is 3.55. The molecule has 0 saturated heterocycles. The van der Waals surface area contributed by atoms with Crippen molar-refractivity contribution >= 4 is 17.6 Å². The van der Waals surface area contributed by atoms with Crippen molar-refractivity contribution in [2.45, 2.75) is 24.3 Å². The number of carbonyl (C=O) groups excluding carboxylic acids is 1. The number of carbonyl (C=O) groups is 1. The van der Waals surface area contributed by atoms with Gasteiger partial charge in [0.15, 0.2) is 0 Å². The van der Waals surface area contributed by atoms with E-state index in [1.54, 1.807) is 0 Å². The molecule has 1 atom stereocenters. The zero-order valence-corrected chi connectivity index (χ0v) is 10.4. The first-order valence-electron chi connectivity index (χ1n) is 5.37. The molecule has 0 heterocycles. The number of rotatable bonds is 6. The van der Waals surface area contributed by atoms with Crippen LogP contribution in [-0.2, 0) is 16.0 Å². The van der Waals surface area contributed by atoms with E-state index >= 15 is 0 Å². The van der Waals surface area contributed by atoms with E-state index in [1.807, 2.05) is 30.3 Å². The molecule has 0 spiro atoms. The van der Waals surface area contributed by atoms with Gasteiger partial charge in [0.1, 0.15) is 6.10 Å². The highest BCUT2D eigenvalue weighted by atomic mass is 35.5. The van der Waals surface area contributed by atoms with Crippen molar-refractivity contribution in [2.24, 2.45) is 0 Å². The van der Waals surface area contributed by atoms with Crippen molar-refractivity contribution in [3.63, 3.8) is 0 Å². The molecular formula is C13H13ClF2O2. The summed E-state index contributed by atoms with van der Waals surface area (Å²) in [5.74, 6) is -1.75. The van der Waals surface area contributed by atoms with Crippen molar-refractivity contribution in [1.29, 1.82) is 0 Å². The van der Waals surface area contributed by atoms with Crippen molar-refractivity contribution in [1.82, 2.24) is 0 Å². The zero-order valence-electron chi connectivity index (χ0n) is 9.61. The van der Waals surface area contributed by atoms with E-state index in [9.17, 15) is 13.6 Å². The third kappa shape index (κ3) is 4.84. The largest absolute Gasteiger partial charge is 0.453 e. The Hall–Kier alpha value is -1.42. The maximum atomic E-state index is 12.4. The smallest absolute Gasteiger partial charge is 0.417 e. The molecule has 0 aliphatic rings. The van der Waals surface area contributed by atoms with Crippen LogP contribution in [0.15, 0.2) is 43.0 Å². The number of ether oxygens (including phenoxy) is 1. The number of hydrogen-bond acceptors (Lipinski definition) is 2. The Morgan fingerprint density at radius 2 is 2.06 bits per heavy atom. The average molecular weight is 275 g/mol. The van der Waals surface area contributed by atoms with E-state index in [2.05, 4.69) is 22.9 Å². The van der Waals surface area contributed by atoms with Gasteiger partial charge in [0.2, 0.25) is 0 Å². The normalized spacial score (nSPS) is 12.8. The van der Waals surface area contributed by atoms with Crippen LogP contribution in [0.25, 0.3) is 0 Å². The lowest BCUT2D eigenvalue weighted by molar-refractivity contribution is -0.164. The van der Waals surface area contributed by atoms with Gasteiger partial charge in [-0.25, -0.2) is 4.79 Å². The molecule has 98 valence electrons. The lowest BCUT2D eigenvalue weighted by Gasteiger charge is -2.15. The summed E-state index contributed by atoms with van der Waals surface area (Å²) < 4.78 is 29.4. The minimum Gasteiger partial charge on any atom is -0.453 e. The quantitative estimate of drug-likeness (QED) is 0.450. The number of hydrogen-bond donors (Lipinski definition) is 0. The summed E-state index contributed by atoms with van der Waals surface area (Å²) in [4.78, 5) is 10.9. The molecule has 0 saturated carbocycles. The van der Waals surface area contributed by atoms with Gasteiger partial charge in [-0.1, -0.05) is 43.0 Å². The number of esters is 1. The van der Waals surface area contributed by atoms with Gasteiger partial charge >= 0.3 is 11.4 Å². The van der Waals surface area contributed by atoms with E-state index in [0.29, 0.717) is 12.8 Å². The van der Waals surface area contributed by atoms with Crippen LogP contribution in [0.5, 0.6) is 0 Å². The highest BCUT2D eigenvalue weighted by Gasteiger charge is 2.38. The minimum atomic E-state index is -3.99. The van der Waals surface area contributed by atoms with Crippen LogP contribution in [0.2, 0.25) is 0 Å². The van der Waals surface area contributed by atoms with Gasteiger partial charge in [-0.3, -0.25) is 0 Å². The highest BCUT2D eigenvalue weighted by Crippen LogP contribution is 2.22. The van der Waals surface area contributed by atoms with Gasteiger partial charge in [-0.05, 0) is 30.0 Å². The zero-order chi connectivity index (χ0) is 13.6. The molecule has 1 unspecified atom stereocenters. The maximum Gasteiger partial charge on any atom is 0.417 e. The van der Waals surface area contributed by atoms with Crippen LogP contribution in [0, 0.1) is 0 Å². The van der Waals surface area contributed by atoms with Gasteiger partial charge in [0, 0.05) is 0 Å². The molecule has 1 aromatic rings. The van der Waals surface area contributed by atoms with Crippen LogP contribution in [-0.4, -0.2) is 17.5 Å². The molecule has 5 heteroatoms. The molecule has 0 aromatic heterocycles. The van der Waals surface area contributed by atoms with Gasteiger partial charge in [0.05, 0.1) is 0 Å². The molecule has 0 amide bonds. The topological polar surface area (TPSA) is 26.3 Å². The van der Waals surface area contributed by atoms with Gasteiger partial charge < -0.3 is 4.74 Å². The molecule has 0 N–H and O–H groups in total. The molecule has 0 aliphatic heterocycles. The number of alkyl halides is 3. The second kappa shape index (κ2) is 6.50. The first-order valence-corrected chi connectivity index (χ1v) is 5.75. The average Bonchev–Trinajstić information content (AvgIpc) is 2.34. The second-order valence-electron chi connectivity index (χ2n) is 3.70. The van der Waals surface area contributed by atoms with Crippen LogP contribution in [0.4, 0.5) is 8.78 Å². The number of halogens is 3. The van der Waals surface area contributed by atoms with E-state index in [-0.39, 0.29) is 0 Å². The first-order chi connectivity index (χ1) is 8.43.